The average Bonchev–Trinajstić information content (AvgIpc) is 2.54. The number of rotatable bonds is 4. The van der Waals surface area contributed by atoms with Crippen molar-refractivity contribution in [1.82, 2.24) is 4.90 Å². The van der Waals surface area contributed by atoms with Crippen LogP contribution in [0, 0.1) is 0 Å². The Labute approximate surface area is 132 Å². The fraction of sp³-hybridized carbons (Fsp3) is 0.368. The molecular formula is C19H23NO2. The van der Waals surface area contributed by atoms with Gasteiger partial charge in [0.15, 0.2) is 11.5 Å². The molecule has 0 aliphatic carbocycles. The molecule has 0 bridgehead atoms. The van der Waals surface area contributed by atoms with Crippen LogP contribution in [-0.4, -0.2) is 23.7 Å². The molecule has 1 heterocycles. The summed E-state index contributed by atoms with van der Waals surface area (Å²) >= 11 is 0. The number of hydrogen-bond donors (Lipinski definition) is 1. The van der Waals surface area contributed by atoms with Crippen molar-refractivity contribution < 1.29 is 9.84 Å². The first-order valence-corrected chi connectivity index (χ1v) is 7.88. The van der Waals surface area contributed by atoms with Gasteiger partial charge in [-0.05, 0) is 47.2 Å². The highest BCUT2D eigenvalue weighted by molar-refractivity contribution is 5.47. The van der Waals surface area contributed by atoms with Crippen LogP contribution in [0.5, 0.6) is 11.5 Å². The normalized spacial score (nSPS) is 14.6. The first-order valence-electron chi connectivity index (χ1n) is 7.88. The summed E-state index contributed by atoms with van der Waals surface area (Å²) in [7, 11) is 1.60. The molecular weight excluding hydrogens is 274 g/mol. The van der Waals surface area contributed by atoms with E-state index in [1.54, 1.807) is 7.11 Å². The lowest BCUT2D eigenvalue weighted by Gasteiger charge is -2.29. The minimum atomic E-state index is 0.241. The molecule has 1 aliphatic rings. The van der Waals surface area contributed by atoms with Gasteiger partial charge < -0.3 is 9.84 Å². The standard InChI is InChI=1S/C19H23NO2/c1-3-14-5-4-6-15(9-14)12-20-8-7-16-10-18(21)19(22-2)11-17(16)13-20/h4-6,9-11,21H,3,7-8,12-13H2,1-2H3. The summed E-state index contributed by atoms with van der Waals surface area (Å²) in [5, 5.41) is 9.89. The number of aromatic hydroxyl groups is 1. The molecule has 0 aromatic heterocycles. The molecule has 1 N–H and O–H groups in total. The van der Waals surface area contributed by atoms with Crippen LogP contribution in [0.3, 0.4) is 0 Å². The van der Waals surface area contributed by atoms with Crippen LogP contribution in [0.15, 0.2) is 36.4 Å². The fourth-order valence-electron chi connectivity index (χ4n) is 3.14. The molecule has 2 aromatic carbocycles. The summed E-state index contributed by atoms with van der Waals surface area (Å²) < 4.78 is 5.23. The lowest BCUT2D eigenvalue weighted by atomic mass is 9.98. The summed E-state index contributed by atoms with van der Waals surface area (Å²) in [6, 6.07) is 12.7. The van der Waals surface area contributed by atoms with Crippen molar-refractivity contribution in [2.45, 2.75) is 32.9 Å². The first-order chi connectivity index (χ1) is 10.7. The highest BCUT2D eigenvalue weighted by Crippen LogP contribution is 2.32. The number of ether oxygens (including phenoxy) is 1. The summed E-state index contributed by atoms with van der Waals surface area (Å²) in [5.74, 6) is 0.805. The summed E-state index contributed by atoms with van der Waals surface area (Å²) in [6.45, 7) is 5.09. The number of phenols is 1. The Morgan fingerprint density at radius 2 is 1.95 bits per heavy atom. The number of nitrogens with zero attached hydrogens (tertiary/aromatic N) is 1. The molecule has 0 fully saturated rings. The molecule has 1 aliphatic heterocycles. The van der Waals surface area contributed by atoms with E-state index in [0.717, 1.165) is 32.5 Å². The third-order valence-electron chi connectivity index (χ3n) is 4.40. The van der Waals surface area contributed by atoms with E-state index in [4.69, 9.17) is 4.74 Å². The molecule has 3 heteroatoms. The number of fused-ring (bicyclic) bond motifs is 1. The second-order valence-electron chi connectivity index (χ2n) is 5.93. The largest absolute Gasteiger partial charge is 0.504 e. The van der Waals surface area contributed by atoms with Crippen molar-refractivity contribution in [3.8, 4) is 11.5 Å². The molecule has 116 valence electrons. The van der Waals surface area contributed by atoms with Gasteiger partial charge in [0.2, 0.25) is 0 Å². The fourth-order valence-corrected chi connectivity index (χ4v) is 3.14. The Hall–Kier alpha value is -2.00. The Kier molecular flexibility index (Phi) is 4.34. The highest BCUT2D eigenvalue weighted by Gasteiger charge is 2.19. The number of phenolic OH excluding ortho intramolecular Hbond substituents is 1. The summed E-state index contributed by atoms with van der Waals surface area (Å²) in [4.78, 5) is 2.45. The van der Waals surface area contributed by atoms with Gasteiger partial charge in [-0.15, -0.1) is 0 Å². The van der Waals surface area contributed by atoms with Crippen LogP contribution in [-0.2, 0) is 25.9 Å². The minimum Gasteiger partial charge on any atom is -0.504 e. The second kappa shape index (κ2) is 6.41. The molecule has 22 heavy (non-hydrogen) atoms. The lowest BCUT2D eigenvalue weighted by molar-refractivity contribution is 0.244. The van der Waals surface area contributed by atoms with Gasteiger partial charge in [-0.2, -0.15) is 0 Å². The molecule has 2 aromatic rings. The molecule has 0 unspecified atom stereocenters. The van der Waals surface area contributed by atoms with E-state index in [1.165, 1.54) is 22.3 Å². The van der Waals surface area contributed by atoms with E-state index in [9.17, 15) is 5.11 Å². The monoisotopic (exact) mass is 297 g/mol. The maximum absolute atomic E-state index is 9.89. The van der Waals surface area contributed by atoms with Crippen molar-refractivity contribution in [3.05, 3.63) is 58.7 Å². The van der Waals surface area contributed by atoms with Crippen molar-refractivity contribution in [2.24, 2.45) is 0 Å². The summed E-state index contributed by atoms with van der Waals surface area (Å²) in [6.07, 6.45) is 2.05. The van der Waals surface area contributed by atoms with E-state index >= 15 is 0 Å². The zero-order valence-electron chi connectivity index (χ0n) is 13.3. The van der Waals surface area contributed by atoms with Crippen molar-refractivity contribution in [2.75, 3.05) is 13.7 Å². The maximum atomic E-state index is 9.89. The summed E-state index contributed by atoms with van der Waals surface area (Å²) in [5.41, 5.74) is 5.25. The lowest BCUT2D eigenvalue weighted by Crippen LogP contribution is -2.30. The number of benzene rings is 2. The van der Waals surface area contributed by atoms with E-state index < -0.39 is 0 Å². The third kappa shape index (κ3) is 3.09. The van der Waals surface area contributed by atoms with Gasteiger partial charge in [-0.3, -0.25) is 4.90 Å². The molecule has 0 atom stereocenters. The van der Waals surface area contributed by atoms with Gasteiger partial charge in [0.05, 0.1) is 7.11 Å². The number of methoxy groups -OCH3 is 1. The predicted molar refractivity (Wildman–Crippen MR) is 88.3 cm³/mol. The topological polar surface area (TPSA) is 32.7 Å². The van der Waals surface area contributed by atoms with Gasteiger partial charge in [-0.25, -0.2) is 0 Å². The first kappa shape index (κ1) is 14.9. The number of hydrogen-bond acceptors (Lipinski definition) is 3. The van der Waals surface area contributed by atoms with E-state index in [0.29, 0.717) is 5.75 Å². The molecule has 0 radical (unpaired) electrons. The quantitative estimate of drug-likeness (QED) is 0.937. The smallest absolute Gasteiger partial charge is 0.160 e. The Morgan fingerprint density at radius 1 is 1.14 bits per heavy atom. The van der Waals surface area contributed by atoms with Crippen LogP contribution in [0.4, 0.5) is 0 Å². The Morgan fingerprint density at radius 3 is 2.73 bits per heavy atom. The number of aryl methyl sites for hydroxylation is 1. The van der Waals surface area contributed by atoms with E-state index in [1.807, 2.05) is 12.1 Å². The predicted octanol–water partition coefficient (Wildman–Crippen LogP) is 3.52. The van der Waals surface area contributed by atoms with E-state index in [-0.39, 0.29) is 5.75 Å². The maximum Gasteiger partial charge on any atom is 0.160 e. The Balaban J connectivity index is 1.76. The van der Waals surface area contributed by atoms with Crippen molar-refractivity contribution in [3.63, 3.8) is 0 Å². The molecule has 0 amide bonds. The van der Waals surface area contributed by atoms with Crippen molar-refractivity contribution >= 4 is 0 Å². The van der Waals surface area contributed by atoms with Gasteiger partial charge in [-0.1, -0.05) is 31.2 Å². The third-order valence-corrected chi connectivity index (χ3v) is 4.40. The van der Waals surface area contributed by atoms with E-state index in [2.05, 4.69) is 36.1 Å². The Bertz CT molecular complexity index is 666. The molecule has 0 saturated carbocycles. The molecule has 0 saturated heterocycles. The zero-order valence-corrected chi connectivity index (χ0v) is 13.3. The SMILES string of the molecule is CCc1cccc(CN2CCc3cc(O)c(OC)cc3C2)c1. The van der Waals surface area contributed by atoms with Crippen LogP contribution >= 0.6 is 0 Å². The average molecular weight is 297 g/mol. The van der Waals surface area contributed by atoms with Gasteiger partial charge >= 0.3 is 0 Å². The highest BCUT2D eigenvalue weighted by atomic mass is 16.5. The van der Waals surface area contributed by atoms with Crippen LogP contribution in [0.25, 0.3) is 0 Å². The minimum absolute atomic E-state index is 0.241. The van der Waals surface area contributed by atoms with Crippen LogP contribution in [0.1, 0.15) is 29.2 Å². The zero-order chi connectivity index (χ0) is 15.5. The molecule has 3 nitrogen and oxygen atoms in total. The van der Waals surface area contributed by atoms with Gasteiger partial charge in [0, 0.05) is 19.6 Å². The van der Waals surface area contributed by atoms with Gasteiger partial charge in [0.1, 0.15) is 0 Å². The second-order valence-corrected chi connectivity index (χ2v) is 5.93. The van der Waals surface area contributed by atoms with Crippen LogP contribution < -0.4 is 4.74 Å². The molecule has 3 rings (SSSR count). The van der Waals surface area contributed by atoms with Crippen LogP contribution in [0.2, 0.25) is 0 Å². The van der Waals surface area contributed by atoms with Crippen molar-refractivity contribution in [1.29, 1.82) is 0 Å². The molecule has 0 spiro atoms. The van der Waals surface area contributed by atoms with Gasteiger partial charge in [0.25, 0.3) is 0 Å².